The molecule has 7 nitrogen and oxygen atoms in total. The van der Waals surface area contributed by atoms with E-state index in [4.69, 9.17) is 16.4 Å². The molecule has 0 saturated heterocycles. The second-order valence-corrected chi connectivity index (χ2v) is 8.03. The molecule has 0 aliphatic rings. The van der Waals surface area contributed by atoms with Crippen molar-refractivity contribution in [1.29, 1.82) is 10.7 Å². The van der Waals surface area contributed by atoms with E-state index in [-0.39, 0.29) is 11.7 Å². The number of carbonyl (C=O) groups excluding carboxylic acids is 1. The van der Waals surface area contributed by atoms with E-state index in [1.165, 1.54) is 0 Å². The van der Waals surface area contributed by atoms with Gasteiger partial charge in [-0.25, -0.2) is 0 Å². The van der Waals surface area contributed by atoms with Gasteiger partial charge in [0.2, 0.25) is 0 Å². The van der Waals surface area contributed by atoms with Crippen molar-refractivity contribution in [3.63, 3.8) is 0 Å². The third kappa shape index (κ3) is 5.75. The minimum absolute atomic E-state index is 0.0167. The van der Waals surface area contributed by atoms with Crippen LogP contribution < -0.4 is 11.1 Å². The van der Waals surface area contributed by atoms with Crippen LogP contribution in [0.4, 0.5) is 0 Å². The standard InChI is InChI=1S/C27H24N6O/c28-14-23-3-1-2-22(13-23)12-19-4-6-21(7-5-19)17-33-18-25(16-32-33)27(34)31-15-20-8-10-24(11-9-20)26(29)30/h1-11,13,16,18H,12,15,17H2,(H3,29,30)(H,31,34). The SMILES string of the molecule is N#Cc1cccc(Cc2ccc(Cn3cc(C(=O)NCc4ccc(C(=N)N)cc4)cn3)cc2)c1. The van der Waals surface area contributed by atoms with Gasteiger partial charge < -0.3 is 11.1 Å². The van der Waals surface area contributed by atoms with Gasteiger partial charge in [-0.1, -0.05) is 60.7 Å². The summed E-state index contributed by atoms with van der Waals surface area (Å²) in [4.78, 5) is 12.5. The number of amides is 1. The summed E-state index contributed by atoms with van der Waals surface area (Å²) in [7, 11) is 0. The molecule has 168 valence electrons. The lowest BCUT2D eigenvalue weighted by molar-refractivity contribution is 0.0951. The summed E-state index contributed by atoms with van der Waals surface area (Å²) in [6, 6.07) is 25.2. The van der Waals surface area contributed by atoms with Gasteiger partial charge >= 0.3 is 0 Å². The van der Waals surface area contributed by atoms with Gasteiger partial charge in [0, 0.05) is 18.3 Å². The van der Waals surface area contributed by atoms with Crippen LogP contribution >= 0.6 is 0 Å². The first-order valence-electron chi connectivity index (χ1n) is 10.8. The third-order valence-electron chi connectivity index (χ3n) is 5.45. The van der Waals surface area contributed by atoms with Crippen LogP contribution in [0, 0.1) is 16.7 Å². The highest BCUT2D eigenvalue weighted by atomic mass is 16.1. The number of hydrogen-bond acceptors (Lipinski definition) is 4. The van der Waals surface area contributed by atoms with Gasteiger partial charge in [-0.3, -0.25) is 14.9 Å². The van der Waals surface area contributed by atoms with E-state index in [0.29, 0.717) is 29.8 Å². The zero-order valence-electron chi connectivity index (χ0n) is 18.5. The summed E-state index contributed by atoms with van der Waals surface area (Å²) >= 11 is 0. The number of carbonyl (C=O) groups is 1. The van der Waals surface area contributed by atoms with Crippen LogP contribution in [-0.4, -0.2) is 21.5 Å². The first-order valence-corrected chi connectivity index (χ1v) is 10.8. The maximum atomic E-state index is 12.5. The molecular formula is C27H24N6O. The van der Waals surface area contributed by atoms with Crippen LogP contribution in [0.2, 0.25) is 0 Å². The molecule has 0 aliphatic heterocycles. The van der Waals surface area contributed by atoms with Crippen LogP contribution in [0.25, 0.3) is 0 Å². The summed E-state index contributed by atoms with van der Waals surface area (Å²) in [6.45, 7) is 0.935. The topological polar surface area (TPSA) is 121 Å². The zero-order chi connectivity index (χ0) is 23.9. The first kappa shape index (κ1) is 22.5. The van der Waals surface area contributed by atoms with Crippen molar-refractivity contribution in [3.8, 4) is 6.07 Å². The second-order valence-electron chi connectivity index (χ2n) is 8.03. The molecule has 1 amide bonds. The van der Waals surface area contributed by atoms with E-state index in [9.17, 15) is 4.79 Å². The van der Waals surface area contributed by atoms with Crippen LogP contribution in [0.1, 0.15) is 43.7 Å². The summed E-state index contributed by atoms with van der Waals surface area (Å²) in [5.41, 5.74) is 11.5. The van der Waals surface area contributed by atoms with Crippen molar-refractivity contribution in [2.45, 2.75) is 19.5 Å². The van der Waals surface area contributed by atoms with Crippen LogP contribution in [0.5, 0.6) is 0 Å². The van der Waals surface area contributed by atoms with Gasteiger partial charge in [0.15, 0.2) is 0 Å². The molecule has 0 bridgehead atoms. The smallest absolute Gasteiger partial charge is 0.254 e. The highest BCUT2D eigenvalue weighted by molar-refractivity contribution is 5.95. The number of nitrogens with one attached hydrogen (secondary N) is 2. The molecular weight excluding hydrogens is 424 g/mol. The second kappa shape index (κ2) is 10.3. The quantitative estimate of drug-likeness (QED) is 0.282. The molecule has 0 fully saturated rings. The molecule has 0 spiro atoms. The van der Waals surface area contributed by atoms with Gasteiger partial charge in [0.25, 0.3) is 5.91 Å². The number of nitrogens with zero attached hydrogens (tertiary/aromatic N) is 3. The van der Waals surface area contributed by atoms with E-state index in [1.54, 1.807) is 35.3 Å². The molecule has 1 aromatic heterocycles. The Hall–Kier alpha value is -4.70. The largest absolute Gasteiger partial charge is 0.384 e. The van der Waals surface area contributed by atoms with Gasteiger partial charge in [0.1, 0.15) is 5.84 Å². The Morgan fingerprint density at radius 3 is 2.38 bits per heavy atom. The number of nitriles is 1. The average molecular weight is 449 g/mol. The lowest BCUT2D eigenvalue weighted by atomic mass is 10.0. The van der Waals surface area contributed by atoms with Crippen molar-refractivity contribution >= 4 is 11.7 Å². The van der Waals surface area contributed by atoms with Crippen LogP contribution in [0.15, 0.2) is 85.2 Å². The molecule has 34 heavy (non-hydrogen) atoms. The summed E-state index contributed by atoms with van der Waals surface area (Å²) in [5, 5.41) is 23.7. The number of nitrogens with two attached hydrogens (primary N) is 1. The number of rotatable bonds is 8. The van der Waals surface area contributed by atoms with Gasteiger partial charge in [-0.15, -0.1) is 0 Å². The van der Waals surface area contributed by atoms with Crippen LogP contribution in [0.3, 0.4) is 0 Å². The fraction of sp³-hybridized carbons (Fsp3) is 0.111. The fourth-order valence-corrected chi connectivity index (χ4v) is 3.59. The molecule has 0 saturated carbocycles. The van der Waals surface area contributed by atoms with Crippen molar-refractivity contribution in [3.05, 3.63) is 124 Å². The molecule has 1 heterocycles. The van der Waals surface area contributed by atoms with Crippen molar-refractivity contribution in [2.75, 3.05) is 0 Å². The maximum Gasteiger partial charge on any atom is 0.254 e. The van der Waals surface area contributed by atoms with Crippen molar-refractivity contribution in [1.82, 2.24) is 15.1 Å². The molecule has 4 aromatic rings. The number of amidine groups is 1. The third-order valence-corrected chi connectivity index (χ3v) is 5.45. The molecule has 4 rings (SSSR count). The van der Waals surface area contributed by atoms with Gasteiger partial charge in [-0.05, 0) is 40.8 Å². The summed E-state index contributed by atoms with van der Waals surface area (Å²) < 4.78 is 1.74. The number of aromatic nitrogens is 2. The predicted molar refractivity (Wildman–Crippen MR) is 130 cm³/mol. The van der Waals surface area contributed by atoms with Gasteiger partial charge in [-0.2, -0.15) is 10.4 Å². The molecule has 0 unspecified atom stereocenters. The van der Waals surface area contributed by atoms with E-state index in [1.807, 2.05) is 30.3 Å². The highest BCUT2D eigenvalue weighted by Gasteiger charge is 2.09. The Labute approximate surface area is 198 Å². The molecule has 3 aromatic carbocycles. The Morgan fingerprint density at radius 2 is 1.68 bits per heavy atom. The monoisotopic (exact) mass is 448 g/mol. The van der Waals surface area contributed by atoms with Crippen LogP contribution in [-0.2, 0) is 19.5 Å². The summed E-state index contributed by atoms with van der Waals surface area (Å²) in [6.07, 6.45) is 4.06. The Kier molecular flexibility index (Phi) is 6.80. The number of hydrogen-bond donors (Lipinski definition) is 3. The van der Waals surface area contributed by atoms with E-state index in [2.05, 4.69) is 40.8 Å². The minimum atomic E-state index is -0.197. The fourth-order valence-electron chi connectivity index (χ4n) is 3.59. The number of benzene rings is 3. The van der Waals surface area contributed by atoms with Crippen molar-refractivity contribution in [2.24, 2.45) is 5.73 Å². The zero-order valence-corrected chi connectivity index (χ0v) is 18.5. The molecule has 7 heteroatoms. The van der Waals surface area contributed by atoms with E-state index >= 15 is 0 Å². The van der Waals surface area contributed by atoms with Gasteiger partial charge in [0.05, 0.1) is 29.9 Å². The lowest BCUT2D eigenvalue weighted by Gasteiger charge is -2.06. The normalized spacial score (nSPS) is 10.4. The van der Waals surface area contributed by atoms with E-state index < -0.39 is 0 Å². The predicted octanol–water partition coefficient (Wildman–Crippen LogP) is 3.61. The molecule has 0 radical (unpaired) electrons. The molecule has 0 atom stereocenters. The first-order chi connectivity index (χ1) is 16.5. The Balaban J connectivity index is 1.31. The Morgan fingerprint density at radius 1 is 0.971 bits per heavy atom. The van der Waals surface area contributed by atoms with E-state index in [0.717, 1.165) is 28.7 Å². The highest BCUT2D eigenvalue weighted by Crippen LogP contribution is 2.13. The Bertz CT molecular complexity index is 1350. The lowest BCUT2D eigenvalue weighted by Crippen LogP contribution is -2.22. The van der Waals surface area contributed by atoms with Crippen molar-refractivity contribution < 1.29 is 4.79 Å². The number of nitrogen functional groups attached to an aromatic ring is 1. The molecule has 0 aliphatic carbocycles. The summed E-state index contributed by atoms with van der Waals surface area (Å²) in [5.74, 6) is -0.181. The maximum absolute atomic E-state index is 12.5. The molecule has 4 N–H and O–H groups in total. The minimum Gasteiger partial charge on any atom is -0.384 e. The average Bonchev–Trinajstić information content (AvgIpc) is 3.33.